The highest BCUT2D eigenvalue weighted by Gasteiger charge is 2.32. The largest absolute Gasteiger partial charge is 0.508 e. The van der Waals surface area contributed by atoms with Gasteiger partial charge in [0.15, 0.2) is 12.8 Å². The highest BCUT2D eigenvalue weighted by molar-refractivity contribution is 5.99. The number of amides is 1. The van der Waals surface area contributed by atoms with Crippen LogP contribution in [0.2, 0.25) is 0 Å². The molecule has 2 heterocycles. The van der Waals surface area contributed by atoms with Crippen molar-refractivity contribution in [3.63, 3.8) is 0 Å². The number of nitrogens with two attached hydrogens (primary N) is 1. The quantitative estimate of drug-likeness (QED) is 0.431. The molecule has 1 aromatic carbocycles. The molecule has 180 valence electrons. The van der Waals surface area contributed by atoms with Gasteiger partial charge in [0.25, 0.3) is 0 Å². The summed E-state index contributed by atoms with van der Waals surface area (Å²) in [6.07, 6.45) is 8.95. The molecular weight excluding hydrogens is 442 g/mol. The van der Waals surface area contributed by atoms with Crippen LogP contribution in [0.15, 0.2) is 72.7 Å². The van der Waals surface area contributed by atoms with Crippen molar-refractivity contribution >= 4 is 17.8 Å². The van der Waals surface area contributed by atoms with E-state index in [1.165, 1.54) is 6.20 Å². The van der Waals surface area contributed by atoms with Crippen molar-refractivity contribution in [2.75, 3.05) is 18.6 Å². The fourth-order valence-corrected chi connectivity index (χ4v) is 4.34. The van der Waals surface area contributed by atoms with Crippen molar-refractivity contribution in [2.45, 2.75) is 31.7 Å². The highest BCUT2D eigenvalue weighted by Crippen LogP contribution is 2.38. The van der Waals surface area contributed by atoms with Crippen LogP contribution in [-0.4, -0.2) is 40.9 Å². The number of carbonyl (C=O) groups excluding carboxylic acids is 1. The van der Waals surface area contributed by atoms with Crippen molar-refractivity contribution in [1.29, 1.82) is 0 Å². The first-order chi connectivity index (χ1) is 17.1. The molecule has 1 aliphatic rings. The van der Waals surface area contributed by atoms with E-state index in [-0.39, 0.29) is 24.1 Å². The molecule has 8 heteroatoms. The molecule has 0 saturated carbocycles. The van der Waals surface area contributed by atoms with Gasteiger partial charge < -0.3 is 20.5 Å². The second kappa shape index (κ2) is 11.3. The van der Waals surface area contributed by atoms with Crippen LogP contribution in [0.4, 0.5) is 5.69 Å². The molecule has 0 saturated heterocycles. The monoisotopic (exact) mass is 472 g/mol. The average molecular weight is 473 g/mol. The van der Waals surface area contributed by atoms with Crippen LogP contribution in [-0.2, 0) is 17.8 Å². The maximum absolute atomic E-state index is 13.9. The van der Waals surface area contributed by atoms with Crippen molar-refractivity contribution in [3.05, 3.63) is 89.5 Å². The minimum atomic E-state index is -0.367. The molecule has 0 bridgehead atoms. The predicted octanol–water partition coefficient (Wildman–Crippen LogP) is 1.84. The summed E-state index contributed by atoms with van der Waals surface area (Å²) >= 11 is 0. The van der Waals surface area contributed by atoms with E-state index in [9.17, 15) is 9.90 Å². The third-order valence-corrected chi connectivity index (χ3v) is 6.14. The Morgan fingerprint density at radius 2 is 2.11 bits per heavy atom. The van der Waals surface area contributed by atoms with Crippen LogP contribution < -0.4 is 20.4 Å². The van der Waals surface area contributed by atoms with Crippen molar-refractivity contribution in [2.24, 2.45) is 5.73 Å². The van der Waals surface area contributed by atoms with Crippen molar-refractivity contribution < 1.29 is 19.6 Å². The lowest BCUT2D eigenvalue weighted by molar-refractivity contribution is -0.470. The Hall–Kier alpha value is -4.20. The number of carbonyl (C=O) groups is 1. The molecular formula is C27H30N5O3+. The Bertz CT molecular complexity index is 1210. The van der Waals surface area contributed by atoms with Gasteiger partial charge in [0.1, 0.15) is 11.4 Å². The fraction of sp³-hybridized carbons (Fsp3) is 0.259. The van der Waals surface area contributed by atoms with E-state index in [1.54, 1.807) is 48.8 Å². The number of methoxy groups -OCH3 is 1. The molecule has 0 radical (unpaired) electrons. The number of phenolic OH excluding ortho intramolecular Hbond substituents is 1. The minimum absolute atomic E-state index is 0.0685. The summed E-state index contributed by atoms with van der Waals surface area (Å²) in [5.41, 5.74) is 9.94. The lowest BCUT2D eigenvalue weighted by Crippen LogP contribution is -2.67. The first-order valence-electron chi connectivity index (χ1n) is 11.6. The number of phenols is 1. The van der Waals surface area contributed by atoms with E-state index in [4.69, 9.17) is 10.5 Å². The molecule has 1 aliphatic carbocycles. The number of rotatable bonds is 8. The van der Waals surface area contributed by atoms with E-state index in [1.807, 2.05) is 30.3 Å². The summed E-state index contributed by atoms with van der Waals surface area (Å²) < 4.78 is 5.19. The summed E-state index contributed by atoms with van der Waals surface area (Å²) in [7, 11) is 1.55. The molecule has 8 nitrogen and oxygen atoms in total. The Morgan fingerprint density at radius 1 is 1.23 bits per heavy atom. The van der Waals surface area contributed by atoms with E-state index >= 15 is 0 Å². The standard InChI is InChI=1S/C27H29N5O3/c1-35-26-12-11-21(17-31-26)32(18-19(14-28)15-29-16-20-6-2-3-13-30-20)27(34)24-9-4-8-23-22(24)7-5-10-25(23)33/h2-3,5-7,10-15,17,24,33H,4,8-9,16,18,28H2,1H3/p+1. The van der Waals surface area contributed by atoms with Gasteiger partial charge in [0, 0.05) is 18.5 Å². The first-order valence-corrected chi connectivity index (χ1v) is 11.6. The van der Waals surface area contributed by atoms with Crippen LogP contribution >= 0.6 is 0 Å². The van der Waals surface area contributed by atoms with E-state index in [0.29, 0.717) is 24.5 Å². The van der Waals surface area contributed by atoms with E-state index in [2.05, 4.69) is 15.0 Å². The first kappa shape index (κ1) is 23.9. The normalized spacial score (nSPS) is 15.6. The molecule has 2 aromatic heterocycles. The number of hydrogen-bond donors (Lipinski definition) is 3. The van der Waals surface area contributed by atoms with Crippen molar-refractivity contribution in [3.8, 4) is 11.6 Å². The minimum Gasteiger partial charge on any atom is -0.508 e. The maximum atomic E-state index is 13.9. The average Bonchev–Trinajstić information content (AvgIpc) is 2.91. The van der Waals surface area contributed by atoms with Gasteiger partial charge in [0.2, 0.25) is 11.8 Å². The van der Waals surface area contributed by atoms with Gasteiger partial charge in [-0.05, 0) is 54.7 Å². The van der Waals surface area contributed by atoms with Crippen LogP contribution in [0, 0.1) is 0 Å². The van der Waals surface area contributed by atoms with Gasteiger partial charge in [-0.25, -0.2) is 9.98 Å². The van der Waals surface area contributed by atoms with Gasteiger partial charge >= 0.3 is 0 Å². The Kier molecular flexibility index (Phi) is 7.72. The number of hydrogen-bond acceptors (Lipinski definition) is 6. The second-order valence-electron chi connectivity index (χ2n) is 8.36. The molecule has 4 rings (SSSR count). The number of nitrogens with zero attached hydrogens (tertiary/aromatic N) is 3. The smallest absolute Gasteiger partial charge is 0.234 e. The summed E-state index contributed by atoms with van der Waals surface area (Å²) in [5, 5.41) is 10.4. The van der Waals surface area contributed by atoms with Gasteiger partial charge in [0.05, 0.1) is 37.0 Å². The van der Waals surface area contributed by atoms with Crippen LogP contribution in [0.25, 0.3) is 0 Å². The number of nitrogens with one attached hydrogen (secondary N) is 1. The Balaban J connectivity index is 1.61. The number of anilines is 1. The number of ether oxygens (including phenoxy) is 1. The lowest BCUT2D eigenvalue weighted by Gasteiger charge is -2.31. The number of pyridine rings is 2. The predicted molar refractivity (Wildman–Crippen MR) is 134 cm³/mol. The van der Waals surface area contributed by atoms with E-state index in [0.717, 1.165) is 35.2 Å². The summed E-state index contributed by atoms with van der Waals surface area (Å²) in [5.74, 6) is 0.272. The second-order valence-corrected chi connectivity index (χ2v) is 8.36. The number of benzene rings is 1. The van der Waals surface area contributed by atoms with E-state index < -0.39 is 0 Å². The molecule has 4 N–H and O–H groups in total. The van der Waals surface area contributed by atoms with Crippen LogP contribution in [0.1, 0.15) is 35.6 Å². The zero-order valence-corrected chi connectivity index (χ0v) is 19.7. The zero-order chi connectivity index (χ0) is 24.6. The fourth-order valence-electron chi connectivity index (χ4n) is 4.34. The summed E-state index contributed by atoms with van der Waals surface area (Å²) in [6.45, 7) is 0.786. The van der Waals surface area contributed by atoms with Crippen molar-refractivity contribution in [1.82, 2.24) is 9.97 Å². The molecule has 35 heavy (non-hydrogen) atoms. The SMILES string of the molecule is COc1ccc(N(CC(C=[NH+]Cc2ccccn2)=CN)C(=O)C2CCCc3c(O)cccc32)cn1. The maximum Gasteiger partial charge on any atom is 0.234 e. The number of aromatic nitrogens is 2. The number of fused-ring (bicyclic) bond motifs is 1. The summed E-state index contributed by atoms with van der Waals surface area (Å²) in [6, 6.07) is 14.7. The molecule has 0 fully saturated rings. The van der Waals surface area contributed by atoms with Crippen LogP contribution in [0.3, 0.4) is 0 Å². The third kappa shape index (κ3) is 5.66. The molecule has 3 aromatic rings. The molecule has 0 spiro atoms. The lowest BCUT2D eigenvalue weighted by atomic mass is 9.81. The molecule has 1 amide bonds. The topological polar surface area (TPSA) is 116 Å². The third-order valence-electron chi connectivity index (χ3n) is 6.14. The summed E-state index contributed by atoms with van der Waals surface area (Å²) in [4.78, 5) is 27.5. The Morgan fingerprint density at radius 3 is 2.83 bits per heavy atom. The highest BCUT2D eigenvalue weighted by atomic mass is 16.5. The van der Waals surface area contributed by atoms with Gasteiger partial charge in [-0.1, -0.05) is 18.2 Å². The molecule has 0 aliphatic heterocycles. The molecule has 1 unspecified atom stereocenters. The number of aromatic hydroxyl groups is 1. The van der Waals surface area contributed by atoms with Gasteiger partial charge in [-0.3, -0.25) is 9.78 Å². The zero-order valence-electron chi connectivity index (χ0n) is 19.7. The van der Waals surface area contributed by atoms with Crippen LogP contribution in [0.5, 0.6) is 11.6 Å². The Labute approximate surface area is 204 Å². The van der Waals surface area contributed by atoms with Gasteiger partial charge in [-0.2, -0.15) is 0 Å². The molecule has 1 atom stereocenters. The van der Waals surface area contributed by atoms with Gasteiger partial charge in [-0.15, -0.1) is 0 Å².